The van der Waals surface area contributed by atoms with Gasteiger partial charge in [-0.25, -0.2) is 0 Å². The highest BCUT2D eigenvalue weighted by Crippen LogP contribution is 2.23. The summed E-state index contributed by atoms with van der Waals surface area (Å²) in [5, 5.41) is 11.0. The average molecular weight is 172 g/mol. The van der Waals surface area contributed by atoms with E-state index >= 15 is 0 Å². The number of nitrogens with zero attached hydrogens (tertiary/aromatic N) is 1. The minimum Gasteiger partial charge on any atom is -0.318 e. The molecule has 1 aliphatic rings. The third kappa shape index (κ3) is 0.983. The summed E-state index contributed by atoms with van der Waals surface area (Å²) in [7, 11) is 0. The SMILES string of the molecule is N#Cc1ccc2c(c1)C(=O)C(=O)N2. The van der Waals surface area contributed by atoms with Gasteiger partial charge in [0.15, 0.2) is 0 Å². The second kappa shape index (κ2) is 2.42. The molecule has 4 nitrogen and oxygen atoms in total. The number of carbonyl (C=O) groups excluding carboxylic acids is 2. The number of carbonyl (C=O) groups is 2. The molecule has 13 heavy (non-hydrogen) atoms. The van der Waals surface area contributed by atoms with E-state index < -0.39 is 11.7 Å². The van der Waals surface area contributed by atoms with E-state index in [1.165, 1.54) is 6.07 Å². The minimum absolute atomic E-state index is 0.282. The highest BCUT2D eigenvalue weighted by Gasteiger charge is 2.27. The average Bonchev–Trinajstić information content (AvgIpc) is 2.43. The summed E-state index contributed by atoms with van der Waals surface area (Å²) >= 11 is 0. The monoisotopic (exact) mass is 172 g/mol. The van der Waals surface area contributed by atoms with Crippen LogP contribution in [0.3, 0.4) is 0 Å². The lowest BCUT2D eigenvalue weighted by atomic mass is 10.1. The molecule has 4 heteroatoms. The van der Waals surface area contributed by atoms with E-state index in [1.807, 2.05) is 6.07 Å². The Balaban J connectivity index is 2.62. The van der Waals surface area contributed by atoms with Gasteiger partial charge in [-0.2, -0.15) is 5.26 Å². The van der Waals surface area contributed by atoms with Gasteiger partial charge in [0, 0.05) is 0 Å². The zero-order valence-corrected chi connectivity index (χ0v) is 6.50. The Morgan fingerprint density at radius 1 is 1.31 bits per heavy atom. The number of rotatable bonds is 0. The van der Waals surface area contributed by atoms with Crippen molar-refractivity contribution < 1.29 is 9.59 Å². The topological polar surface area (TPSA) is 70.0 Å². The molecule has 0 aromatic heterocycles. The highest BCUT2D eigenvalue weighted by molar-refractivity contribution is 6.51. The first-order valence-electron chi connectivity index (χ1n) is 3.62. The second-order valence-electron chi connectivity index (χ2n) is 2.66. The van der Waals surface area contributed by atoms with Crippen molar-refractivity contribution in [2.45, 2.75) is 0 Å². The maximum Gasteiger partial charge on any atom is 0.296 e. The van der Waals surface area contributed by atoms with Gasteiger partial charge in [-0.05, 0) is 18.2 Å². The van der Waals surface area contributed by atoms with Crippen molar-refractivity contribution in [1.29, 1.82) is 5.26 Å². The lowest BCUT2D eigenvalue weighted by Gasteiger charge is -1.94. The number of anilines is 1. The molecule has 1 aromatic rings. The number of benzene rings is 1. The Morgan fingerprint density at radius 3 is 2.77 bits per heavy atom. The molecular formula is C9H4N2O2. The Kier molecular flexibility index (Phi) is 1.40. The van der Waals surface area contributed by atoms with Crippen LogP contribution in [0.15, 0.2) is 18.2 Å². The van der Waals surface area contributed by atoms with Crippen molar-refractivity contribution in [2.75, 3.05) is 5.32 Å². The lowest BCUT2D eigenvalue weighted by molar-refractivity contribution is -0.112. The van der Waals surface area contributed by atoms with Crippen LogP contribution in [-0.2, 0) is 4.79 Å². The molecular weight excluding hydrogens is 168 g/mol. The molecule has 0 fully saturated rings. The highest BCUT2D eigenvalue weighted by atomic mass is 16.2. The lowest BCUT2D eigenvalue weighted by Crippen LogP contribution is -2.12. The molecule has 62 valence electrons. The van der Waals surface area contributed by atoms with Crippen molar-refractivity contribution in [2.24, 2.45) is 0 Å². The van der Waals surface area contributed by atoms with E-state index in [1.54, 1.807) is 12.1 Å². The molecule has 1 amide bonds. The fourth-order valence-electron chi connectivity index (χ4n) is 1.21. The van der Waals surface area contributed by atoms with Crippen LogP contribution in [-0.4, -0.2) is 11.7 Å². The first kappa shape index (κ1) is 7.50. The summed E-state index contributed by atoms with van der Waals surface area (Å²) in [5.41, 5.74) is 1.14. The summed E-state index contributed by atoms with van der Waals surface area (Å²) in [6, 6.07) is 6.42. The maximum absolute atomic E-state index is 11.1. The van der Waals surface area contributed by atoms with Crippen molar-refractivity contribution in [3.63, 3.8) is 0 Å². The molecule has 1 aliphatic heterocycles. The normalized spacial score (nSPS) is 13.5. The van der Waals surface area contributed by atoms with Crippen LogP contribution >= 0.6 is 0 Å². The van der Waals surface area contributed by atoms with E-state index in [2.05, 4.69) is 5.32 Å². The molecule has 1 heterocycles. The standard InChI is InChI=1S/C9H4N2O2/c10-4-5-1-2-7-6(3-5)8(12)9(13)11-7/h1-3H,(H,11,12,13). The van der Waals surface area contributed by atoms with Crippen LogP contribution in [0.2, 0.25) is 0 Å². The maximum atomic E-state index is 11.1. The van der Waals surface area contributed by atoms with Gasteiger partial charge >= 0.3 is 0 Å². The van der Waals surface area contributed by atoms with Gasteiger partial charge in [-0.1, -0.05) is 0 Å². The summed E-state index contributed by atoms with van der Waals surface area (Å²) in [6.07, 6.45) is 0. The van der Waals surface area contributed by atoms with Gasteiger partial charge in [0.25, 0.3) is 11.7 Å². The van der Waals surface area contributed by atoms with Crippen molar-refractivity contribution in [3.05, 3.63) is 29.3 Å². The number of nitrogens with one attached hydrogen (secondary N) is 1. The van der Waals surface area contributed by atoms with Crippen LogP contribution < -0.4 is 5.32 Å². The number of fused-ring (bicyclic) bond motifs is 1. The van der Waals surface area contributed by atoms with Gasteiger partial charge in [-0.3, -0.25) is 9.59 Å². The number of nitriles is 1. The molecule has 0 unspecified atom stereocenters. The van der Waals surface area contributed by atoms with E-state index in [-0.39, 0.29) is 5.56 Å². The second-order valence-corrected chi connectivity index (χ2v) is 2.66. The molecule has 0 atom stereocenters. The molecule has 0 bridgehead atoms. The first-order valence-corrected chi connectivity index (χ1v) is 3.62. The molecule has 0 aliphatic carbocycles. The predicted molar refractivity (Wildman–Crippen MR) is 44.1 cm³/mol. The molecule has 0 saturated heterocycles. The van der Waals surface area contributed by atoms with E-state index in [0.717, 1.165) is 0 Å². The molecule has 1 aromatic carbocycles. The Hall–Kier alpha value is -2.15. The number of ketones is 1. The van der Waals surface area contributed by atoms with Crippen LogP contribution in [0.25, 0.3) is 0 Å². The van der Waals surface area contributed by atoms with Gasteiger partial charge in [0.2, 0.25) is 0 Å². The molecule has 2 rings (SSSR count). The quantitative estimate of drug-likeness (QED) is 0.585. The zero-order chi connectivity index (χ0) is 9.42. The predicted octanol–water partition coefficient (Wildman–Crippen LogP) is 0.693. The van der Waals surface area contributed by atoms with E-state index in [0.29, 0.717) is 11.3 Å². The van der Waals surface area contributed by atoms with Crippen molar-refractivity contribution >= 4 is 17.4 Å². The summed E-state index contributed by atoms with van der Waals surface area (Å²) in [5.74, 6) is -1.21. The Morgan fingerprint density at radius 2 is 2.08 bits per heavy atom. The molecule has 1 N–H and O–H groups in total. The van der Waals surface area contributed by atoms with Gasteiger partial charge in [-0.15, -0.1) is 0 Å². The van der Waals surface area contributed by atoms with Crippen molar-refractivity contribution in [1.82, 2.24) is 0 Å². The molecule has 0 spiro atoms. The van der Waals surface area contributed by atoms with Crippen molar-refractivity contribution in [3.8, 4) is 6.07 Å². The Labute approximate surface area is 73.8 Å². The fourth-order valence-corrected chi connectivity index (χ4v) is 1.21. The summed E-state index contributed by atoms with van der Waals surface area (Å²) in [4.78, 5) is 22.0. The van der Waals surface area contributed by atoms with Crippen LogP contribution in [0.5, 0.6) is 0 Å². The van der Waals surface area contributed by atoms with Crippen LogP contribution in [0.1, 0.15) is 15.9 Å². The van der Waals surface area contributed by atoms with Crippen LogP contribution in [0.4, 0.5) is 5.69 Å². The fraction of sp³-hybridized carbons (Fsp3) is 0. The summed E-state index contributed by atoms with van der Waals surface area (Å²) in [6.45, 7) is 0. The number of hydrogen-bond acceptors (Lipinski definition) is 3. The van der Waals surface area contributed by atoms with Gasteiger partial charge in [0.1, 0.15) is 0 Å². The van der Waals surface area contributed by atoms with Gasteiger partial charge in [0.05, 0.1) is 22.9 Å². The third-order valence-electron chi connectivity index (χ3n) is 1.85. The molecule has 0 radical (unpaired) electrons. The Bertz CT molecular complexity index is 457. The zero-order valence-electron chi connectivity index (χ0n) is 6.50. The third-order valence-corrected chi connectivity index (χ3v) is 1.85. The number of hydrogen-bond donors (Lipinski definition) is 1. The van der Waals surface area contributed by atoms with E-state index in [9.17, 15) is 9.59 Å². The van der Waals surface area contributed by atoms with Gasteiger partial charge < -0.3 is 5.32 Å². The smallest absolute Gasteiger partial charge is 0.296 e. The summed E-state index contributed by atoms with van der Waals surface area (Å²) < 4.78 is 0. The van der Waals surface area contributed by atoms with E-state index in [4.69, 9.17) is 5.26 Å². The first-order chi connectivity index (χ1) is 6.22. The largest absolute Gasteiger partial charge is 0.318 e. The van der Waals surface area contributed by atoms with Crippen LogP contribution in [0, 0.1) is 11.3 Å². The number of Topliss-reactive ketones (excluding diaryl/α,β-unsaturated/α-hetero) is 1. The minimum atomic E-state index is -0.634. The molecule has 0 saturated carbocycles. The number of amides is 1.